The average molecular weight is 358 g/mol. The van der Waals surface area contributed by atoms with Gasteiger partial charge in [-0.15, -0.1) is 0 Å². The van der Waals surface area contributed by atoms with Crippen LogP contribution in [-0.4, -0.2) is 16.5 Å². The number of ketones is 2. The molecule has 1 atom stereocenters. The molecule has 1 aliphatic heterocycles. The molecule has 5 rings (SSSR count). The number of carbonyl (C=O) groups excluding carboxylic acids is 2. The second kappa shape index (κ2) is 5.48. The third kappa shape index (κ3) is 2.07. The van der Waals surface area contributed by atoms with Gasteiger partial charge in [0.15, 0.2) is 11.6 Å². The minimum Gasteiger partial charge on any atom is -0.358 e. The van der Waals surface area contributed by atoms with Crippen molar-refractivity contribution < 1.29 is 14.5 Å². The van der Waals surface area contributed by atoms with Crippen molar-refractivity contribution in [1.29, 1.82) is 0 Å². The molecule has 2 aliphatic carbocycles. The summed E-state index contributed by atoms with van der Waals surface area (Å²) in [6.07, 6.45) is 0.906. The molecule has 2 aromatic carbocycles. The first-order chi connectivity index (χ1) is 13.1. The molecule has 0 fully saturated rings. The molecule has 0 spiro atoms. The van der Waals surface area contributed by atoms with Crippen molar-refractivity contribution in [2.45, 2.75) is 18.8 Å². The molecule has 132 valence electrons. The quantitative estimate of drug-likeness (QED) is 0.655. The summed E-state index contributed by atoms with van der Waals surface area (Å²) in [6.45, 7) is 0. The van der Waals surface area contributed by atoms with Crippen LogP contribution in [0.5, 0.6) is 0 Å². The zero-order chi connectivity index (χ0) is 18.7. The fraction of sp³-hybridized carbons (Fsp3) is 0.143. The maximum Gasteiger partial charge on any atom is 0.273 e. The van der Waals surface area contributed by atoms with Crippen molar-refractivity contribution in [1.82, 2.24) is 5.32 Å². The minimum atomic E-state index is -0.715. The Balaban J connectivity index is 1.80. The number of nitrogens with one attached hydrogen (secondary N) is 1. The van der Waals surface area contributed by atoms with Gasteiger partial charge in [0.25, 0.3) is 5.69 Å². The van der Waals surface area contributed by atoms with Gasteiger partial charge in [0.1, 0.15) is 0 Å². The molecule has 0 radical (unpaired) electrons. The number of para-hydroxylation sites is 1. The normalized spacial score (nSPS) is 20.4. The van der Waals surface area contributed by atoms with Crippen LogP contribution in [0.3, 0.4) is 0 Å². The molecule has 0 bridgehead atoms. The summed E-state index contributed by atoms with van der Waals surface area (Å²) in [5, 5.41) is 14.9. The molecular weight excluding hydrogens is 344 g/mol. The molecule has 0 saturated carbocycles. The van der Waals surface area contributed by atoms with Gasteiger partial charge in [-0.1, -0.05) is 42.5 Å². The van der Waals surface area contributed by atoms with Crippen LogP contribution >= 0.6 is 0 Å². The van der Waals surface area contributed by atoms with Gasteiger partial charge in [0, 0.05) is 46.0 Å². The third-order valence-corrected chi connectivity index (χ3v) is 5.48. The molecule has 2 aromatic rings. The summed E-state index contributed by atoms with van der Waals surface area (Å²) >= 11 is 0. The summed E-state index contributed by atoms with van der Waals surface area (Å²) in [5.74, 6) is -0.953. The van der Waals surface area contributed by atoms with E-state index in [4.69, 9.17) is 0 Å². The predicted octanol–water partition coefficient (Wildman–Crippen LogP) is 3.51. The van der Waals surface area contributed by atoms with Gasteiger partial charge in [-0.3, -0.25) is 19.7 Å². The van der Waals surface area contributed by atoms with Crippen LogP contribution in [0.15, 0.2) is 65.4 Å². The Morgan fingerprint density at radius 1 is 0.926 bits per heavy atom. The van der Waals surface area contributed by atoms with E-state index in [-0.39, 0.29) is 17.3 Å². The first-order valence-corrected chi connectivity index (χ1v) is 8.72. The summed E-state index contributed by atoms with van der Waals surface area (Å²) < 4.78 is 0. The number of nitro groups is 1. The van der Waals surface area contributed by atoms with E-state index in [0.717, 1.165) is 11.3 Å². The van der Waals surface area contributed by atoms with Crippen molar-refractivity contribution in [3.05, 3.63) is 92.2 Å². The van der Waals surface area contributed by atoms with Crippen LogP contribution in [0.2, 0.25) is 0 Å². The smallest absolute Gasteiger partial charge is 0.273 e. The lowest BCUT2D eigenvalue weighted by atomic mass is 9.79. The highest BCUT2D eigenvalue weighted by Gasteiger charge is 2.46. The van der Waals surface area contributed by atoms with Crippen LogP contribution in [-0.2, 0) is 4.79 Å². The van der Waals surface area contributed by atoms with E-state index < -0.39 is 10.8 Å². The van der Waals surface area contributed by atoms with Crippen LogP contribution in [0.4, 0.5) is 5.69 Å². The number of hydrogen-bond donors (Lipinski definition) is 1. The minimum absolute atomic E-state index is 0.0593. The molecular formula is C21H14N2O4. The number of dihydropyridines is 1. The summed E-state index contributed by atoms with van der Waals surface area (Å²) in [5.41, 5.74) is 4.02. The zero-order valence-electron chi connectivity index (χ0n) is 14.2. The van der Waals surface area contributed by atoms with E-state index in [0.29, 0.717) is 40.8 Å². The first-order valence-electron chi connectivity index (χ1n) is 8.72. The van der Waals surface area contributed by atoms with Crippen molar-refractivity contribution >= 4 is 23.0 Å². The number of benzene rings is 2. The van der Waals surface area contributed by atoms with E-state index in [1.165, 1.54) is 6.07 Å². The number of carbonyl (C=O) groups is 2. The highest BCUT2D eigenvalue weighted by Crippen LogP contribution is 2.50. The molecule has 0 saturated heterocycles. The molecule has 0 aromatic heterocycles. The molecule has 3 aliphatic rings. The standard InChI is InChI=1S/C21H14N2O4/c24-16-10-9-14-18(16)17(13-7-3-4-8-15(13)23(26)27)19-20(22-14)11-5-1-2-6-12(11)21(19)25/h1-8,17,22H,9-10H2. The molecule has 27 heavy (non-hydrogen) atoms. The Morgan fingerprint density at radius 2 is 1.63 bits per heavy atom. The number of fused-ring (bicyclic) bond motifs is 2. The molecule has 1 N–H and O–H groups in total. The summed E-state index contributed by atoms with van der Waals surface area (Å²) in [7, 11) is 0. The largest absolute Gasteiger partial charge is 0.358 e. The SMILES string of the molecule is O=C1CCC2=C1C(c1ccccc1[N+](=O)[O-])C1=C(N2)c2ccccc2C1=O. The van der Waals surface area contributed by atoms with E-state index in [1.54, 1.807) is 30.3 Å². The van der Waals surface area contributed by atoms with Crippen molar-refractivity contribution in [3.8, 4) is 0 Å². The van der Waals surface area contributed by atoms with E-state index in [1.807, 2.05) is 12.1 Å². The van der Waals surface area contributed by atoms with Gasteiger partial charge in [0.2, 0.25) is 0 Å². The molecule has 1 unspecified atom stereocenters. The number of nitrogens with zero attached hydrogens (tertiary/aromatic N) is 1. The van der Waals surface area contributed by atoms with E-state index in [9.17, 15) is 19.7 Å². The van der Waals surface area contributed by atoms with Crippen LogP contribution < -0.4 is 5.32 Å². The van der Waals surface area contributed by atoms with Gasteiger partial charge in [0.05, 0.1) is 16.5 Å². The first kappa shape index (κ1) is 15.7. The predicted molar refractivity (Wildman–Crippen MR) is 97.9 cm³/mol. The van der Waals surface area contributed by atoms with Crippen molar-refractivity contribution in [3.63, 3.8) is 0 Å². The molecule has 6 heteroatoms. The maximum atomic E-state index is 13.2. The number of rotatable bonds is 2. The van der Waals surface area contributed by atoms with Crippen LogP contribution in [0, 0.1) is 10.1 Å². The highest BCUT2D eigenvalue weighted by molar-refractivity contribution is 6.23. The summed E-state index contributed by atoms with van der Waals surface area (Å²) in [4.78, 5) is 37.0. The highest BCUT2D eigenvalue weighted by atomic mass is 16.6. The van der Waals surface area contributed by atoms with Crippen LogP contribution in [0.25, 0.3) is 5.70 Å². The number of allylic oxidation sites excluding steroid dienone is 3. The Bertz CT molecular complexity index is 1130. The molecule has 6 nitrogen and oxygen atoms in total. The van der Waals surface area contributed by atoms with E-state index in [2.05, 4.69) is 5.32 Å². The second-order valence-electron chi connectivity index (χ2n) is 6.85. The van der Waals surface area contributed by atoms with Gasteiger partial charge in [-0.05, 0) is 6.42 Å². The number of nitro benzene ring substituents is 1. The Kier molecular flexibility index (Phi) is 3.18. The Labute approximate surface area is 154 Å². The average Bonchev–Trinajstić information content (AvgIpc) is 3.19. The fourth-order valence-electron chi connectivity index (χ4n) is 4.36. The zero-order valence-corrected chi connectivity index (χ0v) is 14.2. The van der Waals surface area contributed by atoms with Gasteiger partial charge in [-0.2, -0.15) is 0 Å². The number of Topliss-reactive ketones (excluding diaryl/α,β-unsaturated/α-hetero) is 2. The third-order valence-electron chi connectivity index (χ3n) is 5.48. The van der Waals surface area contributed by atoms with Crippen LogP contribution in [0.1, 0.15) is 40.2 Å². The summed E-state index contributed by atoms with van der Waals surface area (Å²) in [6, 6.07) is 13.6. The number of hydrogen-bond acceptors (Lipinski definition) is 5. The maximum absolute atomic E-state index is 13.2. The Morgan fingerprint density at radius 3 is 2.41 bits per heavy atom. The van der Waals surface area contributed by atoms with Crippen molar-refractivity contribution in [2.24, 2.45) is 0 Å². The second-order valence-corrected chi connectivity index (χ2v) is 6.85. The lowest BCUT2D eigenvalue weighted by molar-refractivity contribution is -0.385. The molecule has 0 amide bonds. The van der Waals surface area contributed by atoms with Gasteiger partial charge >= 0.3 is 0 Å². The topological polar surface area (TPSA) is 89.3 Å². The van der Waals surface area contributed by atoms with Crippen molar-refractivity contribution in [2.75, 3.05) is 0 Å². The Hall–Kier alpha value is -3.54. The monoisotopic (exact) mass is 358 g/mol. The van der Waals surface area contributed by atoms with E-state index >= 15 is 0 Å². The molecule has 1 heterocycles. The van der Waals surface area contributed by atoms with Gasteiger partial charge in [-0.25, -0.2) is 0 Å². The lowest BCUT2D eigenvalue weighted by Crippen LogP contribution is -2.26. The van der Waals surface area contributed by atoms with Gasteiger partial charge < -0.3 is 5.32 Å². The fourth-order valence-corrected chi connectivity index (χ4v) is 4.36. The lowest BCUT2D eigenvalue weighted by Gasteiger charge is -2.27.